The van der Waals surface area contributed by atoms with E-state index in [0.29, 0.717) is 11.8 Å². The molecule has 0 aromatic rings. The Morgan fingerprint density at radius 1 is 1.42 bits per heavy atom. The fourth-order valence-corrected chi connectivity index (χ4v) is 1.13. The number of hydrogen-bond acceptors (Lipinski definition) is 2. The molecule has 12 heavy (non-hydrogen) atoms. The van der Waals surface area contributed by atoms with Crippen molar-refractivity contribution < 1.29 is 9.84 Å². The van der Waals surface area contributed by atoms with Crippen LogP contribution >= 0.6 is 0 Å². The molecule has 1 N–H and O–H groups in total. The predicted molar refractivity (Wildman–Crippen MR) is 49.0 cm³/mol. The predicted octanol–water partition coefficient (Wildman–Crippen LogP) is 1.68. The lowest BCUT2D eigenvalue weighted by Crippen LogP contribution is -2.20. The highest BCUT2D eigenvalue weighted by Gasteiger charge is 2.22. The first-order valence-electron chi connectivity index (χ1n) is 4.92. The van der Waals surface area contributed by atoms with Gasteiger partial charge in [-0.25, -0.2) is 0 Å². The van der Waals surface area contributed by atoms with Gasteiger partial charge in [0.05, 0.1) is 6.61 Å². The highest BCUT2D eigenvalue weighted by molar-refractivity contribution is 4.72. The average molecular weight is 172 g/mol. The summed E-state index contributed by atoms with van der Waals surface area (Å²) in [7, 11) is 0. The lowest BCUT2D eigenvalue weighted by atomic mass is 9.98. The summed E-state index contributed by atoms with van der Waals surface area (Å²) >= 11 is 0. The van der Waals surface area contributed by atoms with Crippen LogP contribution in [0.1, 0.15) is 26.7 Å². The van der Waals surface area contributed by atoms with E-state index in [4.69, 9.17) is 9.84 Å². The number of aliphatic hydroxyl groups is 1. The van der Waals surface area contributed by atoms with Crippen LogP contribution in [0.2, 0.25) is 0 Å². The van der Waals surface area contributed by atoms with Gasteiger partial charge in [0.15, 0.2) is 0 Å². The summed E-state index contributed by atoms with van der Waals surface area (Å²) in [4.78, 5) is 0. The first kappa shape index (κ1) is 10.0. The Hall–Kier alpha value is -0.0800. The quantitative estimate of drug-likeness (QED) is 0.660. The minimum Gasteiger partial charge on any atom is -0.396 e. The third kappa shape index (κ3) is 3.55. The van der Waals surface area contributed by atoms with Gasteiger partial charge in [-0.2, -0.15) is 0 Å². The molecule has 1 aliphatic carbocycles. The van der Waals surface area contributed by atoms with Gasteiger partial charge in [-0.3, -0.25) is 0 Å². The zero-order chi connectivity index (χ0) is 8.97. The highest BCUT2D eigenvalue weighted by atomic mass is 16.5. The Morgan fingerprint density at radius 3 is 2.50 bits per heavy atom. The van der Waals surface area contributed by atoms with Crippen molar-refractivity contribution in [2.45, 2.75) is 26.7 Å². The summed E-state index contributed by atoms with van der Waals surface area (Å²) in [5.74, 6) is 1.68. The number of hydrogen-bond donors (Lipinski definition) is 1. The normalized spacial score (nSPS) is 20.0. The van der Waals surface area contributed by atoms with Crippen molar-refractivity contribution in [3.63, 3.8) is 0 Å². The molecule has 0 aliphatic heterocycles. The molecule has 0 aromatic heterocycles. The highest BCUT2D eigenvalue weighted by Crippen LogP contribution is 2.29. The minimum atomic E-state index is 0.252. The van der Waals surface area contributed by atoms with Gasteiger partial charge in [0, 0.05) is 19.1 Å². The first-order chi connectivity index (χ1) is 5.74. The molecule has 0 amide bonds. The van der Waals surface area contributed by atoms with Gasteiger partial charge in [0.1, 0.15) is 0 Å². The van der Waals surface area contributed by atoms with Crippen LogP contribution < -0.4 is 0 Å². The Morgan fingerprint density at radius 2 is 2.08 bits per heavy atom. The molecule has 1 saturated carbocycles. The molecule has 0 saturated heterocycles. The van der Waals surface area contributed by atoms with Gasteiger partial charge in [0.2, 0.25) is 0 Å². The van der Waals surface area contributed by atoms with Crippen LogP contribution in [-0.2, 0) is 4.74 Å². The van der Waals surface area contributed by atoms with Crippen molar-refractivity contribution in [1.82, 2.24) is 0 Å². The SMILES string of the molecule is CC(C)C(CO)COCC1CC1. The minimum absolute atomic E-state index is 0.252. The monoisotopic (exact) mass is 172 g/mol. The Kier molecular flexibility index (Phi) is 4.02. The van der Waals surface area contributed by atoms with Gasteiger partial charge in [0.25, 0.3) is 0 Å². The zero-order valence-corrected chi connectivity index (χ0v) is 8.12. The van der Waals surface area contributed by atoms with Gasteiger partial charge in [-0.1, -0.05) is 13.8 Å². The third-order valence-electron chi connectivity index (χ3n) is 2.56. The van der Waals surface area contributed by atoms with Gasteiger partial charge in [-0.05, 0) is 24.7 Å². The van der Waals surface area contributed by atoms with E-state index in [0.717, 1.165) is 19.1 Å². The summed E-state index contributed by atoms with van der Waals surface area (Å²) in [6.07, 6.45) is 2.68. The molecule has 1 atom stereocenters. The first-order valence-corrected chi connectivity index (χ1v) is 4.92. The smallest absolute Gasteiger partial charge is 0.0518 e. The molecular weight excluding hydrogens is 152 g/mol. The van der Waals surface area contributed by atoms with E-state index >= 15 is 0 Å². The fourth-order valence-electron chi connectivity index (χ4n) is 1.13. The van der Waals surface area contributed by atoms with Crippen LogP contribution in [-0.4, -0.2) is 24.9 Å². The maximum atomic E-state index is 9.00. The van der Waals surface area contributed by atoms with Crippen LogP contribution in [0.4, 0.5) is 0 Å². The fraction of sp³-hybridized carbons (Fsp3) is 1.00. The molecular formula is C10H20O2. The summed E-state index contributed by atoms with van der Waals surface area (Å²) in [5, 5.41) is 9.00. The van der Waals surface area contributed by atoms with Crippen molar-refractivity contribution in [2.75, 3.05) is 19.8 Å². The maximum Gasteiger partial charge on any atom is 0.0518 e. The lowest BCUT2D eigenvalue weighted by molar-refractivity contribution is 0.0486. The van der Waals surface area contributed by atoms with Crippen molar-refractivity contribution in [3.8, 4) is 0 Å². The van der Waals surface area contributed by atoms with Crippen molar-refractivity contribution in [1.29, 1.82) is 0 Å². The van der Waals surface area contributed by atoms with E-state index < -0.39 is 0 Å². The zero-order valence-electron chi connectivity index (χ0n) is 8.12. The molecule has 0 bridgehead atoms. The molecule has 1 aliphatic rings. The Balaban J connectivity index is 2.01. The van der Waals surface area contributed by atoms with Crippen molar-refractivity contribution >= 4 is 0 Å². The second-order valence-corrected chi connectivity index (χ2v) is 4.17. The molecule has 2 heteroatoms. The number of rotatable bonds is 6. The molecule has 1 rings (SSSR count). The van der Waals surface area contributed by atoms with E-state index in [1.807, 2.05) is 0 Å². The lowest BCUT2D eigenvalue weighted by Gasteiger charge is -2.17. The molecule has 2 nitrogen and oxygen atoms in total. The molecule has 72 valence electrons. The Bertz CT molecular complexity index is 119. The van der Waals surface area contributed by atoms with Gasteiger partial charge in [-0.15, -0.1) is 0 Å². The Labute approximate surface area is 74.9 Å². The van der Waals surface area contributed by atoms with Gasteiger partial charge >= 0.3 is 0 Å². The second kappa shape index (κ2) is 4.83. The third-order valence-corrected chi connectivity index (χ3v) is 2.56. The van der Waals surface area contributed by atoms with Crippen LogP contribution in [0, 0.1) is 17.8 Å². The van der Waals surface area contributed by atoms with E-state index in [2.05, 4.69) is 13.8 Å². The maximum absolute atomic E-state index is 9.00. The molecule has 1 fully saturated rings. The average Bonchev–Trinajstić information content (AvgIpc) is 2.80. The van der Waals surface area contributed by atoms with E-state index in [1.165, 1.54) is 12.8 Å². The number of ether oxygens (including phenoxy) is 1. The number of aliphatic hydroxyl groups excluding tert-OH is 1. The molecule has 0 radical (unpaired) electrons. The molecule has 0 heterocycles. The summed E-state index contributed by atoms with van der Waals surface area (Å²) in [5.41, 5.74) is 0. The molecule has 0 spiro atoms. The van der Waals surface area contributed by atoms with Crippen molar-refractivity contribution in [3.05, 3.63) is 0 Å². The van der Waals surface area contributed by atoms with Crippen LogP contribution in [0.3, 0.4) is 0 Å². The van der Waals surface area contributed by atoms with Crippen molar-refractivity contribution in [2.24, 2.45) is 17.8 Å². The largest absolute Gasteiger partial charge is 0.396 e. The van der Waals surface area contributed by atoms with Crippen LogP contribution in [0.25, 0.3) is 0 Å². The van der Waals surface area contributed by atoms with E-state index in [1.54, 1.807) is 0 Å². The summed E-state index contributed by atoms with van der Waals surface area (Å²) in [6, 6.07) is 0. The standard InChI is InChI=1S/C10H20O2/c1-8(2)10(5-11)7-12-6-9-3-4-9/h8-11H,3-7H2,1-2H3. The second-order valence-electron chi connectivity index (χ2n) is 4.17. The summed E-state index contributed by atoms with van der Waals surface area (Å²) < 4.78 is 5.51. The van der Waals surface area contributed by atoms with E-state index in [9.17, 15) is 0 Å². The molecule has 0 aromatic carbocycles. The van der Waals surface area contributed by atoms with E-state index in [-0.39, 0.29) is 6.61 Å². The van der Waals surface area contributed by atoms with Gasteiger partial charge < -0.3 is 9.84 Å². The molecule has 1 unspecified atom stereocenters. The van der Waals surface area contributed by atoms with Crippen LogP contribution in [0.15, 0.2) is 0 Å². The van der Waals surface area contributed by atoms with Crippen LogP contribution in [0.5, 0.6) is 0 Å². The summed E-state index contributed by atoms with van der Waals surface area (Å²) in [6.45, 7) is 6.14. The topological polar surface area (TPSA) is 29.5 Å².